The van der Waals surface area contributed by atoms with E-state index in [1.54, 1.807) is 0 Å². The molecule has 6 nitrogen and oxygen atoms in total. The van der Waals surface area contributed by atoms with Crippen molar-refractivity contribution in [3.63, 3.8) is 0 Å². The van der Waals surface area contributed by atoms with Gasteiger partial charge in [-0.1, -0.05) is 53.8 Å². The van der Waals surface area contributed by atoms with Crippen molar-refractivity contribution in [3.8, 4) is 0 Å². The van der Waals surface area contributed by atoms with Crippen molar-refractivity contribution in [2.45, 2.75) is 37.5 Å². The van der Waals surface area contributed by atoms with E-state index in [1.807, 2.05) is 13.8 Å². The lowest BCUT2D eigenvalue weighted by molar-refractivity contribution is 0.368. The maximum atomic E-state index is 12.3. The van der Waals surface area contributed by atoms with Gasteiger partial charge in [-0.3, -0.25) is 0 Å². The molecule has 1 aromatic carbocycles. The zero-order valence-corrected chi connectivity index (χ0v) is 16.1. The average Bonchev–Trinajstić information content (AvgIpc) is 2.91. The van der Waals surface area contributed by atoms with Gasteiger partial charge in [0.25, 0.3) is 0 Å². The Balaban J connectivity index is 1.96. The molecule has 0 amide bonds. The highest BCUT2D eigenvalue weighted by Gasteiger charge is 2.22. The molecule has 0 aliphatic rings. The van der Waals surface area contributed by atoms with Crippen LogP contribution in [0, 0.1) is 0 Å². The molecule has 0 aliphatic carbocycles. The van der Waals surface area contributed by atoms with Crippen molar-refractivity contribution in [3.05, 3.63) is 38.9 Å². The summed E-state index contributed by atoms with van der Waals surface area (Å²) in [4.78, 5) is 4.04. The summed E-state index contributed by atoms with van der Waals surface area (Å²) in [5.74, 6) is 1.28. The zero-order chi connectivity index (χ0) is 17.9. The largest absolute Gasteiger partial charge is 0.339 e. The standard InChI is InChI=1S/C14H16Cl3N3O3S/c1-8(2)14-19-12(23-20-14)4-3-5-18-24(21,22)13-10(16)6-9(15)7-11(13)17/h6-8,18H,3-5H2,1-2H3. The van der Waals surface area contributed by atoms with E-state index in [4.69, 9.17) is 39.3 Å². The molecule has 0 bridgehead atoms. The number of aryl methyl sites for hydroxylation is 1. The van der Waals surface area contributed by atoms with Crippen LogP contribution in [0.3, 0.4) is 0 Å². The van der Waals surface area contributed by atoms with Gasteiger partial charge >= 0.3 is 0 Å². The van der Waals surface area contributed by atoms with Gasteiger partial charge in [0, 0.05) is 23.9 Å². The summed E-state index contributed by atoms with van der Waals surface area (Å²) in [5, 5.41) is 4.06. The first-order chi connectivity index (χ1) is 11.2. The highest BCUT2D eigenvalue weighted by molar-refractivity contribution is 7.89. The van der Waals surface area contributed by atoms with Gasteiger partial charge < -0.3 is 4.52 Å². The SMILES string of the molecule is CC(C)c1noc(CCCNS(=O)(=O)c2c(Cl)cc(Cl)cc2Cl)n1. The molecule has 0 saturated heterocycles. The third-order valence-electron chi connectivity index (χ3n) is 3.09. The van der Waals surface area contributed by atoms with Gasteiger partial charge in [-0.05, 0) is 18.6 Å². The third-order valence-corrected chi connectivity index (χ3v) is 5.69. The number of hydrogen-bond donors (Lipinski definition) is 1. The molecule has 2 rings (SSSR count). The molecule has 10 heteroatoms. The quantitative estimate of drug-likeness (QED) is 0.693. The fourth-order valence-electron chi connectivity index (χ4n) is 1.91. The normalized spacial score (nSPS) is 12.1. The summed E-state index contributed by atoms with van der Waals surface area (Å²) >= 11 is 17.7. The third kappa shape index (κ3) is 4.83. The van der Waals surface area contributed by atoms with Crippen molar-refractivity contribution in [2.75, 3.05) is 6.54 Å². The van der Waals surface area contributed by atoms with Crippen molar-refractivity contribution >= 4 is 44.8 Å². The Labute approximate surface area is 155 Å². The number of benzene rings is 1. The van der Waals surface area contributed by atoms with Gasteiger partial charge in [0.2, 0.25) is 15.9 Å². The number of nitrogens with one attached hydrogen (secondary N) is 1. The number of hydrogen-bond acceptors (Lipinski definition) is 5. The van der Waals surface area contributed by atoms with Crippen LogP contribution in [0.5, 0.6) is 0 Å². The number of rotatable bonds is 7. The van der Waals surface area contributed by atoms with Crippen LogP contribution in [0.1, 0.15) is 37.9 Å². The van der Waals surface area contributed by atoms with Crippen LogP contribution in [-0.4, -0.2) is 25.1 Å². The minimum Gasteiger partial charge on any atom is -0.339 e. The fraction of sp³-hybridized carbons (Fsp3) is 0.429. The summed E-state index contributed by atoms with van der Waals surface area (Å²) < 4.78 is 32.2. The average molecular weight is 413 g/mol. The van der Waals surface area contributed by atoms with E-state index in [0.717, 1.165) is 0 Å². The maximum Gasteiger partial charge on any atom is 0.243 e. The Morgan fingerprint density at radius 1 is 1.21 bits per heavy atom. The van der Waals surface area contributed by atoms with Crippen molar-refractivity contribution < 1.29 is 12.9 Å². The first-order valence-corrected chi connectivity index (χ1v) is 9.79. The second-order valence-electron chi connectivity index (χ2n) is 5.40. The fourth-order valence-corrected chi connectivity index (χ4v) is 4.52. The van der Waals surface area contributed by atoms with Gasteiger partial charge in [0.05, 0.1) is 10.0 Å². The Kier molecular flexibility index (Phi) is 6.50. The van der Waals surface area contributed by atoms with Gasteiger partial charge in [-0.2, -0.15) is 4.98 Å². The molecule has 0 radical (unpaired) electrons. The first kappa shape index (κ1) is 19.5. The molecule has 24 heavy (non-hydrogen) atoms. The molecular weight excluding hydrogens is 397 g/mol. The number of halogens is 3. The molecule has 0 spiro atoms. The van der Waals surface area contributed by atoms with Crippen LogP contribution in [0.25, 0.3) is 0 Å². The monoisotopic (exact) mass is 411 g/mol. The maximum absolute atomic E-state index is 12.3. The minimum atomic E-state index is -3.84. The van der Waals surface area contributed by atoms with Gasteiger partial charge in [0.15, 0.2) is 5.82 Å². The Bertz CT molecular complexity index is 799. The highest BCUT2D eigenvalue weighted by Crippen LogP contribution is 2.32. The Hall–Kier alpha value is -0.860. The van der Waals surface area contributed by atoms with E-state index in [9.17, 15) is 8.42 Å². The molecule has 1 aromatic heterocycles. The van der Waals surface area contributed by atoms with Crippen LogP contribution in [0.2, 0.25) is 15.1 Å². The Morgan fingerprint density at radius 2 is 1.83 bits per heavy atom. The minimum absolute atomic E-state index is 0.0292. The lowest BCUT2D eigenvalue weighted by Gasteiger charge is -2.10. The van der Waals surface area contributed by atoms with Gasteiger partial charge in [0.1, 0.15) is 4.90 Å². The molecule has 2 aromatic rings. The number of nitrogens with zero attached hydrogens (tertiary/aromatic N) is 2. The van der Waals surface area contributed by atoms with Crippen LogP contribution in [-0.2, 0) is 16.4 Å². The molecule has 0 atom stereocenters. The molecule has 1 heterocycles. The van der Waals surface area contributed by atoms with Gasteiger partial charge in [-0.25, -0.2) is 13.1 Å². The van der Waals surface area contributed by atoms with Crippen molar-refractivity contribution in [2.24, 2.45) is 0 Å². The lowest BCUT2D eigenvalue weighted by atomic mass is 10.2. The molecular formula is C14H16Cl3N3O3S. The van der Waals surface area contributed by atoms with E-state index >= 15 is 0 Å². The van der Waals surface area contributed by atoms with E-state index in [0.29, 0.717) is 24.6 Å². The highest BCUT2D eigenvalue weighted by atomic mass is 35.5. The second kappa shape index (κ2) is 8.01. The molecule has 0 fully saturated rings. The Morgan fingerprint density at radius 3 is 2.38 bits per heavy atom. The number of aromatic nitrogens is 2. The predicted octanol–water partition coefficient (Wildman–Crippen LogP) is 4.06. The zero-order valence-electron chi connectivity index (χ0n) is 13.0. The van der Waals surface area contributed by atoms with Crippen LogP contribution < -0.4 is 4.72 Å². The molecule has 0 aliphatic heterocycles. The molecule has 0 unspecified atom stereocenters. The molecule has 1 N–H and O–H groups in total. The van der Waals surface area contributed by atoms with E-state index in [-0.39, 0.29) is 32.4 Å². The topological polar surface area (TPSA) is 85.1 Å². The van der Waals surface area contributed by atoms with Crippen molar-refractivity contribution in [1.82, 2.24) is 14.9 Å². The van der Waals surface area contributed by atoms with Crippen LogP contribution >= 0.6 is 34.8 Å². The van der Waals surface area contributed by atoms with Gasteiger partial charge in [-0.15, -0.1) is 0 Å². The van der Waals surface area contributed by atoms with Crippen LogP contribution in [0.4, 0.5) is 0 Å². The van der Waals surface area contributed by atoms with E-state index in [2.05, 4.69) is 14.9 Å². The van der Waals surface area contributed by atoms with E-state index in [1.165, 1.54) is 12.1 Å². The predicted molar refractivity (Wildman–Crippen MR) is 93.4 cm³/mol. The molecule has 132 valence electrons. The van der Waals surface area contributed by atoms with Crippen molar-refractivity contribution in [1.29, 1.82) is 0 Å². The summed E-state index contributed by atoms with van der Waals surface area (Å²) in [5.41, 5.74) is 0. The molecule has 0 saturated carbocycles. The second-order valence-corrected chi connectivity index (χ2v) is 8.36. The smallest absolute Gasteiger partial charge is 0.243 e. The lowest BCUT2D eigenvalue weighted by Crippen LogP contribution is -2.25. The number of sulfonamides is 1. The summed E-state index contributed by atoms with van der Waals surface area (Å²) in [7, 11) is -3.84. The summed E-state index contributed by atoms with van der Waals surface area (Å²) in [6.45, 7) is 4.10. The first-order valence-electron chi connectivity index (χ1n) is 7.17. The van der Waals surface area contributed by atoms with E-state index < -0.39 is 10.0 Å². The summed E-state index contributed by atoms with van der Waals surface area (Å²) in [6, 6.07) is 2.66. The summed E-state index contributed by atoms with van der Waals surface area (Å²) in [6.07, 6.45) is 0.951. The van der Waals surface area contributed by atoms with Crippen LogP contribution in [0.15, 0.2) is 21.6 Å².